The highest BCUT2D eigenvalue weighted by Gasteiger charge is 2.45. The van der Waals surface area contributed by atoms with E-state index in [0.717, 1.165) is 36.1 Å². The Morgan fingerprint density at radius 2 is 1.65 bits per heavy atom. The van der Waals surface area contributed by atoms with E-state index in [1.807, 2.05) is 43.3 Å². The number of ketones is 1. The van der Waals surface area contributed by atoms with Gasteiger partial charge in [0.25, 0.3) is 11.7 Å². The predicted octanol–water partition coefficient (Wildman–Crippen LogP) is 5.26. The fraction of sp³-hybridized carbons (Fsp3) is 0.385. The second-order valence-corrected chi connectivity index (χ2v) is 7.81. The van der Waals surface area contributed by atoms with Gasteiger partial charge in [0.2, 0.25) is 0 Å². The van der Waals surface area contributed by atoms with Gasteiger partial charge >= 0.3 is 0 Å². The lowest BCUT2D eigenvalue weighted by Gasteiger charge is -2.25. The second-order valence-electron chi connectivity index (χ2n) is 7.81. The summed E-state index contributed by atoms with van der Waals surface area (Å²) in [6, 6.07) is 14.3. The standard InChI is InChI=1S/C26H31NO4/c1-4-7-17-31-21-14-12-19(13-15-21)23-22(25(29)26(30)27(23)16-5-2)24(28)20-10-8-18(6-3)9-11-20/h8-15,23,28H,4-7,16-17H2,1-3H3/b24-22-. The van der Waals surface area contributed by atoms with E-state index in [1.165, 1.54) is 0 Å². The van der Waals surface area contributed by atoms with Crippen LogP contribution in [-0.2, 0) is 16.0 Å². The third-order valence-electron chi connectivity index (χ3n) is 5.60. The van der Waals surface area contributed by atoms with Crippen LogP contribution >= 0.6 is 0 Å². The number of hydrogen-bond donors (Lipinski definition) is 1. The Hall–Kier alpha value is -3.08. The molecule has 1 N–H and O–H groups in total. The first-order valence-electron chi connectivity index (χ1n) is 11.1. The molecule has 2 aromatic rings. The van der Waals surface area contributed by atoms with Gasteiger partial charge in [0.05, 0.1) is 18.2 Å². The zero-order valence-electron chi connectivity index (χ0n) is 18.6. The van der Waals surface area contributed by atoms with Crippen molar-refractivity contribution in [1.29, 1.82) is 0 Å². The van der Waals surface area contributed by atoms with Gasteiger partial charge in [0, 0.05) is 12.1 Å². The third-order valence-corrected chi connectivity index (χ3v) is 5.60. The highest BCUT2D eigenvalue weighted by Crippen LogP contribution is 2.39. The van der Waals surface area contributed by atoms with Crippen molar-refractivity contribution in [3.05, 3.63) is 70.8 Å². The molecule has 2 aromatic carbocycles. The highest BCUT2D eigenvalue weighted by atomic mass is 16.5. The summed E-state index contributed by atoms with van der Waals surface area (Å²) >= 11 is 0. The van der Waals surface area contributed by atoms with Crippen LogP contribution in [0, 0.1) is 0 Å². The number of carbonyl (C=O) groups is 2. The molecule has 0 spiro atoms. The quantitative estimate of drug-likeness (QED) is 0.260. The van der Waals surface area contributed by atoms with E-state index >= 15 is 0 Å². The summed E-state index contributed by atoms with van der Waals surface area (Å²) < 4.78 is 5.74. The number of aliphatic hydroxyl groups is 1. The average molecular weight is 422 g/mol. The van der Waals surface area contributed by atoms with Gasteiger partial charge in [-0.25, -0.2) is 0 Å². The normalized spacial score (nSPS) is 17.9. The summed E-state index contributed by atoms with van der Waals surface area (Å²) in [5.74, 6) is -0.590. The topological polar surface area (TPSA) is 66.8 Å². The first-order valence-corrected chi connectivity index (χ1v) is 11.1. The molecule has 1 aliphatic heterocycles. The minimum Gasteiger partial charge on any atom is -0.507 e. The summed E-state index contributed by atoms with van der Waals surface area (Å²) in [7, 11) is 0. The number of Topliss-reactive ketones (excluding diaryl/α,β-unsaturated/α-hetero) is 1. The molecule has 1 amide bonds. The number of aryl methyl sites for hydroxylation is 1. The van der Waals surface area contributed by atoms with E-state index in [2.05, 4.69) is 13.8 Å². The Kier molecular flexibility index (Phi) is 7.50. The number of nitrogens with zero attached hydrogens (tertiary/aromatic N) is 1. The lowest BCUT2D eigenvalue weighted by molar-refractivity contribution is -0.139. The molecule has 164 valence electrons. The first kappa shape index (κ1) is 22.6. The van der Waals surface area contributed by atoms with E-state index < -0.39 is 17.7 Å². The van der Waals surface area contributed by atoms with Crippen molar-refractivity contribution in [2.45, 2.75) is 52.5 Å². The molecule has 1 saturated heterocycles. The monoisotopic (exact) mass is 421 g/mol. The van der Waals surface area contributed by atoms with E-state index in [4.69, 9.17) is 4.74 Å². The van der Waals surface area contributed by atoms with E-state index in [0.29, 0.717) is 25.1 Å². The van der Waals surface area contributed by atoms with Crippen LogP contribution in [0.25, 0.3) is 5.76 Å². The average Bonchev–Trinajstić information content (AvgIpc) is 3.04. The van der Waals surface area contributed by atoms with Crippen LogP contribution in [-0.4, -0.2) is 34.8 Å². The summed E-state index contributed by atoms with van der Waals surface area (Å²) in [4.78, 5) is 27.2. The van der Waals surface area contributed by atoms with Gasteiger partial charge in [-0.1, -0.05) is 63.6 Å². The Morgan fingerprint density at radius 1 is 0.968 bits per heavy atom. The lowest BCUT2D eigenvalue weighted by atomic mass is 9.95. The van der Waals surface area contributed by atoms with Crippen LogP contribution in [0.4, 0.5) is 0 Å². The van der Waals surface area contributed by atoms with E-state index in [-0.39, 0.29) is 11.3 Å². The minimum absolute atomic E-state index is 0.132. The van der Waals surface area contributed by atoms with Crippen molar-refractivity contribution in [3.63, 3.8) is 0 Å². The largest absolute Gasteiger partial charge is 0.507 e. The number of benzene rings is 2. The van der Waals surface area contributed by atoms with Crippen LogP contribution < -0.4 is 4.74 Å². The molecule has 3 rings (SSSR count). The van der Waals surface area contributed by atoms with Crippen molar-refractivity contribution in [1.82, 2.24) is 4.90 Å². The molecule has 0 saturated carbocycles. The second kappa shape index (κ2) is 10.3. The molecule has 0 bridgehead atoms. The van der Waals surface area contributed by atoms with Crippen LogP contribution in [0.1, 0.15) is 62.8 Å². The van der Waals surface area contributed by atoms with Crippen LogP contribution in [0.15, 0.2) is 54.1 Å². The van der Waals surface area contributed by atoms with Crippen molar-refractivity contribution in [2.24, 2.45) is 0 Å². The van der Waals surface area contributed by atoms with Crippen LogP contribution in [0.2, 0.25) is 0 Å². The van der Waals surface area contributed by atoms with E-state index in [9.17, 15) is 14.7 Å². The minimum atomic E-state index is -0.640. The number of hydrogen-bond acceptors (Lipinski definition) is 4. The molecule has 1 heterocycles. The summed E-state index contributed by atoms with van der Waals surface area (Å²) in [6.45, 7) is 7.22. The van der Waals surface area contributed by atoms with Gasteiger partial charge in [-0.15, -0.1) is 0 Å². The molecule has 1 aliphatic rings. The molecule has 0 radical (unpaired) electrons. The fourth-order valence-electron chi connectivity index (χ4n) is 3.83. The Bertz CT molecular complexity index is 944. The van der Waals surface area contributed by atoms with Crippen molar-refractivity contribution in [3.8, 4) is 5.75 Å². The van der Waals surface area contributed by atoms with Gasteiger partial charge < -0.3 is 14.7 Å². The Balaban J connectivity index is 2.01. The van der Waals surface area contributed by atoms with Gasteiger partial charge in [-0.2, -0.15) is 0 Å². The molecule has 1 fully saturated rings. The zero-order chi connectivity index (χ0) is 22.4. The van der Waals surface area contributed by atoms with Gasteiger partial charge in [-0.3, -0.25) is 9.59 Å². The maximum atomic E-state index is 12.9. The number of likely N-dealkylation sites (tertiary alicyclic amines) is 1. The number of aliphatic hydroxyl groups excluding tert-OH is 1. The molecule has 0 aliphatic carbocycles. The number of rotatable bonds is 9. The van der Waals surface area contributed by atoms with Gasteiger partial charge in [-0.05, 0) is 42.5 Å². The fourth-order valence-corrected chi connectivity index (χ4v) is 3.83. The highest BCUT2D eigenvalue weighted by molar-refractivity contribution is 6.46. The SMILES string of the molecule is CCCCOc1ccc(C2/C(=C(/O)c3ccc(CC)cc3)C(=O)C(=O)N2CCC)cc1. The number of unbranched alkanes of at least 4 members (excludes halogenated alkanes) is 1. The van der Waals surface area contributed by atoms with Crippen molar-refractivity contribution < 1.29 is 19.4 Å². The zero-order valence-corrected chi connectivity index (χ0v) is 18.6. The summed E-state index contributed by atoms with van der Waals surface area (Å²) in [5, 5.41) is 11.0. The third kappa shape index (κ3) is 4.82. The molecule has 1 atom stereocenters. The molecule has 0 aromatic heterocycles. The summed E-state index contributed by atoms with van der Waals surface area (Å²) in [6.07, 6.45) is 3.64. The predicted molar refractivity (Wildman–Crippen MR) is 122 cm³/mol. The number of carbonyl (C=O) groups excluding carboxylic acids is 2. The molecule has 5 nitrogen and oxygen atoms in total. The Morgan fingerprint density at radius 3 is 2.23 bits per heavy atom. The Labute approximate surface area is 184 Å². The smallest absolute Gasteiger partial charge is 0.295 e. The molecule has 5 heteroatoms. The van der Waals surface area contributed by atoms with Crippen molar-refractivity contribution >= 4 is 17.4 Å². The maximum Gasteiger partial charge on any atom is 0.295 e. The number of amides is 1. The summed E-state index contributed by atoms with van der Waals surface area (Å²) in [5.41, 5.74) is 2.60. The molecular weight excluding hydrogens is 390 g/mol. The molecule has 1 unspecified atom stereocenters. The van der Waals surface area contributed by atoms with Crippen LogP contribution in [0.3, 0.4) is 0 Å². The first-order chi connectivity index (χ1) is 15.0. The van der Waals surface area contributed by atoms with Crippen molar-refractivity contribution in [2.75, 3.05) is 13.2 Å². The van der Waals surface area contributed by atoms with Crippen LogP contribution in [0.5, 0.6) is 5.75 Å². The maximum absolute atomic E-state index is 12.9. The van der Waals surface area contributed by atoms with Gasteiger partial charge in [0.15, 0.2) is 0 Å². The lowest BCUT2D eigenvalue weighted by Crippen LogP contribution is -2.30. The molecular formula is C26H31NO4. The van der Waals surface area contributed by atoms with Gasteiger partial charge in [0.1, 0.15) is 11.5 Å². The van der Waals surface area contributed by atoms with E-state index in [1.54, 1.807) is 17.0 Å². The molecule has 31 heavy (non-hydrogen) atoms. The number of ether oxygens (including phenoxy) is 1.